The highest BCUT2D eigenvalue weighted by Crippen LogP contribution is 2.46. The van der Waals surface area contributed by atoms with E-state index < -0.39 is 24.2 Å². The van der Waals surface area contributed by atoms with Gasteiger partial charge in [-0.05, 0) is 47.8 Å². The Bertz CT molecular complexity index is 955. The smallest absolute Gasteiger partial charge is 0.207 e. The number of benzene rings is 1. The summed E-state index contributed by atoms with van der Waals surface area (Å²) in [6.45, 7) is 15.6. The third-order valence-electron chi connectivity index (χ3n) is 6.06. The second-order valence-electron chi connectivity index (χ2n) is 8.77. The van der Waals surface area contributed by atoms with Crippen LogP contribution in [-0.4, -0.2) is 33.9 Å². The number of aryl methyl sites for hydroxylation is 1. The highest BCUT2D eigenvalue weighted by Gasteiger charge is 2.47. The second kappa shape index (κ2) is 11.2. The van der Waals surface area contributed by atoms with Gasteiger partial charge in [-0.25, -0.2) is 8.42 Å². The molecule has 0 aliphatic rings. The van der Waals surface area contributed by atoms with Gasteiger partial charge in [0.05, 0.1) is 11.4 Å². The Morgan fingerprint density at radius 1 is 1.00 bits per heavy atom. The summed E-state index contributed by atoms with van der Waals surface area (Å²) < 4.78 is 55.3. The van der Waals surface area contributed by atoms with E-state index >= 15 is 0 Å². The predicted molar refractivity (Wildman–Crippen MR) is 127 cm³/mol. The molecule has 0 fully saturated rings. The van der Waals surface area contributed by atoms with Gasteiger partial charge in [0, 0.05) is 6.54 Å². The first-order chi connectivity index (χ1) is 14.3. The molecule has 1 aromatic carbocycles. The van der Waals surface area contributed by atoms with Gasteiger partial charge in [-0.2, -0.15) is 13.1 Å². The molecule has 1 aromatic rings. The Morgan fingerprint density at radius 3 is 1.87 bits per heavy atom. The minimum absolute atomic E-state index is 0.0649. The fourth-order valence-corrected chi connectivity index (χ4v) is 13.2. The van der Waals surface area contributed by atoms with E-state index in [4.69, 9.17) is 0 Å². The zero-order valence-corrected chi connectivity index (χ0v) is 21.7. The van der Waals surface area contributed by atoms with Crippen LogP contribution >= 0.6 is 0 Å². The summed E-state index contributed by atoms with van der Waals surface area (Å²) in [5, 5.41) is 0.432. The molecule has 0 aliphatic carbocycles. The SMILES string of the molecule is CC#CCN(CC(=C=C(F)F)[Si](C(C)C)(C(C)C)C(C)C)S(=O)(=O)c1ccc(C)cc1. The molecule has 7 heteroatoms. The van der Waals surface area contributed by atoms with Crippen molar-refractivity contribution in [2.45, 2.75) is 76.9 Å². The minimum Gasteiger partial charge on any atom is -0.207 e. The lowest BCUT2D eigenvalue weighted by Crippen LogP contribution is -2.50. The Morgan fingerprint density at radius 2 is 1.48 bits per heavy atom. The molecule has 0 bridgehead atoms. The van der Waals surface area contributed by atoms with Crippen molar-refractivity contribution in [3.05, 3.63) is 46.8 Å². The molecule has 0 saturated heterocycles. The summed E-state index contributed by atoms with van der Waals surface area (Å²) in [7, 11) is -6.48. The van der Waals surface area contributed by atoms with Gasteiger partial charge < -0.3 is 0 Å². The van der Waals surface area contributed by atoms with Crippen LogP contribution in [0.5, 0.6) is 0 Å². The highest BCUT2D eigenvalue weighted by molar-refractivity contribution is 7.89. The molecular formula is C24H35F2NO2SSi. The number of rotatable bonds is 9. The molecule has 0 aromatic heterocycles. The van der Waals surface area contributed by atoms with Crippen molar-refractivity contribution >= 4 is 18.1 Å². The van der Waals surface area contributed by atoms with Crippen LogP contribution in [0.25, 0.3) is 0 Å². The van der Waals surface area contributed by atoms with Crippen LogP contribution in [-0.2, 0) is 10.0 Å². The maximum absolute atomic E-state index is 13.6. The van der Waals surface area contributed by atoms with E-state index in [0.29, 0.717) is 5.20 Å². The molecule has 31 heavy (non-hydrogen) atoms. The molecule has 0 aliphatic heterocycles. The second-order valence-corrected chi connectivity index (χ2v) is 16.6. The van der Waals surface area contributed by atoms with Crippen LogP contribution in [0.3, 0.4) is 0 Å². The van der Waals surface area contributed by atoms with Crippen molar-refractivity contribution in [1.29, 1.82) is 0 Å². The molecule has 172 valence electrons. The topological polar surface area (TPSA) is 37.4 Å². The first kappa shape index (κ1) is 27.3. The van der Waals surface area contributed by atoms with Gasteiger partial charge in [-0.15, -0.1) is 5.92 Å². The summed E-state index contributed by atoms with van der Waals surface area (Å²) >= 11 is 0. The first-order valence-corrected chi connectivity index (χ1v) is 14.3. The van der Waals surface area contributed by atoms with Crippen LogP contribution in [0.4, 0.5) is 8.78 Å². The van der Waals surface area contributed by atoms with Crippen LogP contribution in [0, 0.1) is 18.8 Å². The van der Waals surface area contributed by atoms with Crippen molar-refractivity contribution in [3.63, 3.8) is 0 Å². The molecule has 0 heterocycles. The molecule has 3 nitrogen and oxygen atoms in total. The molecule has 0 radical (unpaired) electrons. The molecule has 0 spiro atoms. The summed E-state index contributed by atoms with van der Waals surface area (Å²) in [6, 6.07) is 6.54. The number of halogens is 2. The largest absolute Gasteiger partial charge is 0.312 e. The van der Waals surface area contributed by atoms with Crippen molar-refractivity contribution in [1.82, 2.24) is 4.31 Å². The lowest BCUT2D eigenvalue weighted by Gasteiger charge is -2.45. The summed E-state index contributed by atoms with van der Waals surface area (Å²) in [6.07, 6.45) is -1.91. The Labute approximate surface area is 188 Å². The zero-order chi connectivity index (χ0) is 24.0. The van der Waals surface area contributed by atoms with Crippen molar-refractivity contribution in [3.8, 4) is 11.8 Å². The van der Waals surface area contributed by atoms with E-state index in [1.807, 2.05) is 6.92 Å². The Balaban J connectivity index is 3.73. The molecular weight excluding hydrogens is 432 g/mol. The molecule has 0 unspecified atom stereocenters. The van der Waals surface area contributed by atoms with E-state index in [1.54, 1.807) is 31.2 Å². The van der Waals surface area contributed by atoms with Crippen LogP contribution in [0.1, 0.15) is 54.0 Å². The van der Waals surface area contributed by atoms with Gasteiger partial charge in [0.2, 0.25) is 10.0 Å². The van der Waals surface area contributed by atoms with Crippen LogP contribution in [0.15, 0.2) is 46.2 Å². The normalized spacial score (nSPS) is 12.2. The third kappa shape index (κ3) is 6.17. The highest BCUT2D eigenvalue weighted by atomic mass is 32.2. The van der Waals surface area contributed by atoms with Gasteiger partial charge in [0.1, 0.15) is 8.07 Å². The lowest BCUT2D eigenvalue weighted by atomic mass is 10.2. The quantitative estimate of drug-likeness (QED) is 0.235. The fraction of sp³-hybridized carbons (Fsp3) is 0.542. The number of hydrogen-bond acceptors (Lipinski definition) is 2. The van der Waals surface area contributed by atoms with Gasteiger partial charge in [-0.1, -0.05) is 70.9 Å². The molecule has 0 N–H and O–H groups in total. The van der Waals surface area contributed by atoms with Crippen molar-refractivity contribution in [2.75, 3.05) is 13.1 Å². The Hall–Kier alpha value is -1.71. The summed E-state index contributed by atoms with van der Waals surface area (Å²) in [5.74, 6) is 5.53. The van der Waals surface area contributed by atoms with Gasteiger partial charge in [-0.3, -0.25) is 0 Å². The number of sulfonamides is 1. The fourth-order valence-electron chi connectivity index (χ4n) is 4.87. The van der Waals surface area contributed by atoms with E-state index in [-0.39, 0.29) is 34.6 Å². The van der Waals surface area contributed by atoms with E-state index in [1.165, 1.54) is 4.31 Å². The average Bonchev–Trinajstić information content (AvgIpc) is 2.64. The summed E-state index contributed by atoms with van der Waals surface area (Å²) in [4.78, 5) is 0.131. The van der Waals surface area contributed by atoms with Crippen LogP contribution in [0.2, 0.25) is 16.6 Å². The molecule has 0 saturated carbocycles. The standard InChI is InChI=1S/C24H35F2NO2SSi/c1-9-10-15-27(30(28,29)22-13-11-21(8)12-14-22)17-23(16-24(25)26)31(18(2)3,19(4)5)20(6)7/h11-14,18-20H,15,17H2,1-8H3. The van der Waals surface area contributed by atoms with E-state index in [0.717, 1.165) is 5.56 Å². The molecule has 0 atom stereocenters. The van der Waals surface area contributed by atoms with Gasteiger partial charge in [0.15, 0.2) is 0 Å². The number of nitrogens with zero attached hydrogens (tertiary/aromatic N) is 1. The Kier molecular flexibility index (Phi) is 9.91. The van der Waals surface area contributed by atoms with Crippen molar-refractivity contribution in [2.24, 2.45) is 0 Å². The molecule has 1 rings (SSSR count). The lowest BCUT2D eigenvalue weighted by molar-refractivity contribution is 0.422. The maximum atomic E-state index is 13.6. The average molecular weight is 468 g/mol. The van der Waals surface area contributed by atoms with Crippen molar-refractivity contribution < 1.29 is 17.2 Å². The summed E-state index contributed by atoms with van der Waals surface area (Å²) in [5.41, 5.74) is 3.65. The monoisotopic (exact) mass is 467 g/mol. The zero-order valence-electron chi connectivity index (χ0n) is 19.9. The first-order valence-electron chi connectivity index (χ1n) is 10.6. The predicted octanol–water partition coefficient (Wildman–Crippen LogP) is 6.53. The number of hydrogen-bond donors (Lipinski definition) is 0. The van der Waals surface area contributed by atoms with Gasteiger partial charge in [0.25, 0.3) is 0 Å². The van der Waals surface area contributed by atoms with E-state index in [2.05, 4.69) is 59.1 Å². The van der Waals surface area contributed by atoms with Gasteiger partial charge >= 0.3 is 6.08 Å². The van der Waals surface area contributed by atoms with Crippen LogP contribution < -0.4 is 0 Å². The molecule has 0 amide bonds. The minimum atomic E-state index is -3.92. The van der Waals surface area contributed by atoms with E-state index in [9.17, 15) is 17.2 Å². The third-order valence-corrected chi connectivity index (χ3v) is 14.9. The maximum Gasteiger partial charge on any atom is 0.312 e.